The van der Waals surface area contributed by atoms with E-state index in [0.29, 0.717) is 45.3 Å². The van der Waals surface area contributed by atoms with Gasteiger partial charge in [-0.05, 0) is 61.9 Å². The van der Waals surface area contributed by atoms with Gasteiger partial charge < -0.3 is 10.6 Å². The number of fused-ring (bicyclic) bond motifs is 2. The molecule has 2 amide bonds. The molecule has 0 unspecified atom stereocenters. The van der Waals surface area contributed by atoms with E-state index in [1.165, 1.54) is 4.90 Å². The number of hydrogen-bond acceptors (Lipinski definition) is 8. The summed E-state index contributed by atoms with van der Waals surface area (Å²) < 4.78 is 0. The first-order valence-corrected chi connectivity index (χ1v) is 13.1. The van der Waals surface area contributed by atoms with Crippen molar-refractivity contribution in [1.29, 1.82) is 0 Å². The molecule has 0 bridgehead atoms. The maximum absolute atomic E-state index is 12.6. The third-order valence-corrected chi connectivity index (χ3v) is 7.51. The Morgan fingerprint density at radius 2 is 1.61 bits per heavy atom. The second-order valence-corrected chi connectivity index (χ2v) is 10.1. The van der Waals surface area contributed by atoms with Gasteiger partial charge in [-0.2, -0.15) is 0 Å². The third-order valence-electron chi connectivity index (χ3n) is 7.24. The molecule has 4 aromatic rings. The largest absolute Gasteiger partial charge is 0.367 e. The summed E-state index contributed by atoms with van der Waals surface area (Å²) in [4.78, 5) is 44.0. The molecule has 4 heterocycles. The van der Waals surface area contributed by atoms with Gasteiger partial charge in [-0.15, -0.1) is 0 Å². The van der Waals surface area contributed by atoms with Crippen LogP contribution in [0.2, 0.25) is 5.15 Å². The number of carbonyl (C=O) groups excluding carboxylic acids is 2. The Morgan fingerprint density at radius 1 is 0.895 bits per heavy atom. The molecule has 192 valence electrons. The third kappa shape index (κ3) is 4.89. The SMILES string of the molecule is O=C1c2ccccc2C(=O)N1Cc1cnc(NC[C@H]2CC[C@H](Nc3ccc4ccnc(Cl)c4n3)CC2)nc1. The minimum Gasteiger partial charge on any atom is -0.367 e. The maximum atomic E-state index is 12.6. The summed E-state index contributed by atoms with van der Waals surface area (Å²) in [7, 11) is 0. The van der Waals surface area contributed by atoms with Gasteiger partial charge in [-0.1, -0.05) is 23.7 Å². The Labute approximate surface area is 224 Å². The number of halogens is 1. The summed E-state index contributed by atoms with van der Waals surface area (Å²) in [5.41, 5.74) is 2.30. The highest BCUT2D eigenvalue weighted by molar-refractivity contribution is 6.33. The standard InChI is InChI=1S/C28H26ClN7O2/c29-25-24-19(11-12-30-25)7-10-23(35-24)34-20-8-5-17(6-9-20)13-31-28-32-14-18(15-33-28)16-36-26(37)21-3-1-2-4-22(21)27(36)38/h1-4,7,10-12,14-15,17,20H,5-6,8-9,13,16H2,(H,34,35)(H,31,32,33)/t17-,20-. The van der Waals surface area contributed by atoms with Crippen molar-refractivity contribution < 1.29 is 9.59 Å². The van der Waals surface area contributed by atoms with Crippen LogP contribution in [0, 0.1) is 5.92 Å². The fourth-order valence-electron chi connectivity index (χ4n) is 5.14. The number of rotatable bonds is 7. The van der Waals surface area contributed by atoms with Gasteiger partial charge in [0.15, 0.2) is 5.15 Å². The molecule has 0 saturated heterocycles. The van der Waals surface area contributed by atoms with E-state index in [4.69, 9.17) is 11.6 Å². The van der Waals surface area contributed by atoms with Crippen molar-refractivity contribution >= 4 is 46.1 Å². The maximum Gasteiger partial charge on any atom is 0.261 e. The Kier molecular flexibility index (Phi) is 6.59. The predicted octanol–water partition coefficient (Wildman–Crippen LogP) is 4.95. The zero-order valence-electron chi connectivity index (χ0n) is 20.6. The molecule has 10 heteroatoms. The second kappa shape index (κ2) is 10.3. The molecule has 0 radical (unpaired) electrons. The molecule has 0 spiro atoms. The van der Waals surface area contributed by atoms with Crippen LogP contribution in [0.1, 0.15) is 52.0 Å². The summed E-state index contributed by atoms with van der Waals surface area (Å²) in [6, 6.07) is 13.1. The van der Waals surface area contributed by atoms with E-state index in [1.807, 2.05) is 18.2 Å². The zero-order valence-corrected chi connectivity index (χ0v) is 21.4. The first kappa shape index (κ1) is 24.2. The molecule has 38 heavy (non-hydrogen) atoms. The quantitative estimate of drug-likeness (QED) is 0.256. The lowest BCUT2D eigenvalue weighted by atomic mass is 9.86. The molecule has 1 aromatic carbocycles. The van der Waals surface area contributed by atoms with Gasteiger partial charge in [0.25, 0.3) is 11.8 Å². The van der Waals surface area contributed by atoms with Gasteiger partial charge >= 0.3 is 0 Å². The van der Waals surface area contributed by atoms with Crippen LogP contribution in [-0.2, 0) is 6.54 Å². The molecule has 1 aliphatic heterocycles. The minimum absolute atomic E-state index is 0.151. The molecule has 3 aromatic heterocycles. The summed E-state index contributed by atoms with van der Waals surface area (Å²) in [6.07, 6.45) is 9.28. The van der Waals surface area contributed by atoms with Crippen molar-refractivity contribution in [3.63, 3.8) is 0 Å². The van der Waals surface area contributed by atoms with E-state index in [9.17, 15) is 9.59 Å². The monoisotopic (exact) mass is 527 g/mol. The van der Waals surface area contributed by atoms with E-state index in [0.717, 1.165) is 43.4 Å². The summed E-state index contributed by atoms with van der Waals surface area (Å²) >= 11 is 6.20. The number of aromatic nitrogens is 4. The number of nitrogens with one attached hydrogen (secondary N) is 2. The van der Waals surface area contributed by atoms with E-state index in [2.05, 4.69) is 30.6 Å². The summed E-state index contributed by atoms with van der Waals surface area (Å²) in [5.74, 6) is 1.33. The normalized spacial score (nSPS) is 19.0. The first-order valence-electron chi connectivity index (χ1n) is 12.7. The van der Waals surface area contributed by atoms with Crippen molar-refractivity contribution in [2.75, 3.05) is 17.2 Å². The van der Waals surface area contributed by atoms with Gasteiger partial charge in [0, 0.05) is 42.1 Å². The van der Waals surface area contributed by atoms with Crippen LogP contribution >= 0.6 is 11.6 Å². The molecular weight excluding hydrogens is 502 g/mol. The van der Waals surface area contributed by atoms with Crippen LogP contribution in [0.25, 0.3) is 10.9 Å². The van der Waals surface area contributed by atoms with E-state index in [-0.39, 0.29) is 18.4 Å². The zero-order chi connectivity index (χ0) is 26.1. The topological polar surface area (TPSA) is 113 Å². The van der Waals surface area contributed by atoms with Crippen LogP contribution in [0.5, 0.6) is 0 Å². The molecule has 0 atom stereocenters. The Balaban J connectivity index is 0.976. The number of amides is 2. The fraction of sp³-hybridized carbons (Fsp3) is 0.286. The highest BCUT2D eigenvalue weighted by Gasteiger charge is 2.35. The Hall–Kier alpha value is -4.11. The molecule has 1 fully saturated rings. The number of benzene rings is 1. The van der Waals surface area contributed by atoms with Crippen molar-refractivity contribution in [3.8, 4) is 0 Å². The first-order chi connectivity index (χ1) is 18.5. The average molecular weight is 528 g/mol. The van der Waals surface area contributed by atoms with Crippen LogP contribution in [0.15, 0.2) is 61.1 Å². The predicted molar refractivity (Wildman–Crippen MR) is 145 cm³/mol. The molecule has 2 aliphatic rings. The van der Waals surface area contributed by atoms with Gasteiger partial charge in [0.1, 0.15) is 11.3 Å². The average Bonchev–Trinajstić information content (AvgIpc) is 3.19. The molecule has 6 rings (SSSR count). The molecule has 2 N–H and O–H groups in total. The van der Waals surface area contributed by atoms with Crippen LogP contribution in [0.4, 0.5) is 11.8 Å². The number of pyridine rings is 2. The number of anilines is 2. The minimum atomic E-state index is -0.282. The Bertz CT molecular complexity index is 1470. The van der Waals surface area contributed by atoms with Crippen molar-refractivity contribution in [1.82, 2.24) is 24.8 Å². The number of nitrogens with zero attached hydrogens (tertiary/aromatic N) is 5. The van der Waals surface area contributed by atoms with Crippen molar-refractivity contribution in [2.24, 2.45) is 5.92 Å². The number of hydrogen-bond donors (Lipinski definition) is 2. The molecule has 9 nitrogen and oxygen atoms in total. The second-order valence-electron chi connectivity index (χ2n) is 9.77. The van der Waals surface area contributed by atoms with E-state index < -0.39 is 0 Å². The number of imide groups is 1. The molecular formula is C28H26ClN7O2. The molecule has 1 aliphatic carbocycles. The van der Waals surface area contributed by atoms with Crippen molar-refractivity contribution in [2.45, 2.75) is 38.3 Å². The van der Waals surface area contributed by atoms with Crippen LogP contribution in [0.3, 0.4) is 0 Å². The molecule has 1 saturated carbocycles. The highest BCUT2D eigenvalue weighted by atomic mass is 35.5. The van der Waals surface area contributed by atoms with Gasteiger partial charge in [-0.3, -0.25) is 14.5 Å². The lowest BCUT2D eigenvalue weighted by Crippen LogP contribution is -2.29. The van der Waals surface area contributed by atoms with Crippen molar-refractivity contribution in [3.05, 3.63) is 82.9 Å². The highest BCUT2D eigenvalue weighted by Crippen LogP contribution is 2.28. The van der Waals surface area contributed by atoms with Crippen LogP contribution in [-0.4, -0.2) is 49.2 Å². The number of carbonyl (C=O) groups is 2. The Morgan fingerprint density at radius 3 is 2.32 bits per heavy atom. The van der Waals surface area contributed by atoms with Crippen LogP contribution < -0.4 is 10.6 Å². The van der Waals surface area contributed by atoms with Gasteiger partial charge in [0.05, 0.1) is 17.7 Å². The lowest BCUT2D eigenvalue weighted by Gasteiger charge is -2.29. The van der Waals surface area contributed by atoms with E-state index >= 15 is 0 Å². The van der Waals surface area contributed by atoms with Gasteiger partial charge in [0.2, 0.25) is 5.95 Å². The fourth-order valence-corrected chi connectivity index (χ4v) is 5.35. The smallest absolute Gasteiger partial charge is 0.261 e. The summed E-state index contributed by atoms with van der Waals surface area (Å²) in [6.45, 7) is 0.943. The van der Waals surface area contributed by atoms with Gasteiger partial charge in [-0.25, -0.2) is 19.9 Å². The summed E-state index contributed by atoms with van der Waals surface area (Å²) in [5, 5.41) is 8.27. The van der Waals surface area contributed by atoms with E-state index in [1.54, 1.807) is 42.9 Å². The lowest BCUT2D eigenvalue weighted by molar-refractivity contribution is 0.0642.